The number of nitrogens with zero attached hydrogens (tertiary/aromatic N) is 1. The van der Waals surface area contributed by atoms with Gasteiger partial charge in [0.1, 0.15) is 6.04 Å². The van der Waals surface area contributed by atoms with E-state index < -0.39 is 0 Å². The van der Waals surface area contributed by atoms with E-state index in [4.69, 9.17) is 0 Å². The first-order valence-corrected chi connectivity index (χ1v) is 8.24. The Morgan fingerprint density at radius 2 is 2.00 bits per heavy atom. The second-order valence-electron chi connectivity index (χ2n) is 5.98. The fourth-order valence-corrected chi connectivity index (χ4v) is 2.88. The topological polar surface area (TPSA) is 75.2 Å². The summed E-state index contributed by atoms with van der Waals surface area (Å²) in [5.41, 5.74) is 7.94. The molecular formula is C18H22N4O2. The van der Waals surface area contributed by atoms with Crippen LogP contribution in [0.4, 0.5) is 5.69 Å². The Bertz CT molecular complexity index is 757. The predicted molar refractivity (Wildman–Crippen MR) is 93.5 cm³/mol. The summed E-state index contributed by atoms with van der Waals surface area (Å²) in [6, 6.07) is 12.9. The summed E-state index contributed by atoms with van der Waals surface area (Å²) >= 11 is 0. The largest absolute Gasteiger partial charge is 0.323 e. The SMILES string of the molecule is CCCn1cc(NC(=O)C2CC(c3ccccc3)NN2)ccc1=O. The van der Waals surface area contributed by atoms with Gasteiger partial charge >= 0.3 is 0 Å². The summed E-state index contributed by atoms with van der Waals surface area (Å²) < 4.78 is 1.61. The molecule has 2 heterocycles. The van der Waals surface area contributed by atoms with Gasteiger partial charge in [-0.25, -0.2) is 10.9 Å². The number of aromatic nitrogens is 1. The van der Waals surface area contributed by atoms with Crippen molar-refractivity contribution < 1.29 is 4.79 Å². The lowest BCUT2D eigenvalue weighted by Crippen LogP contribution is -2.39. The van der Waals surface area contributed by atoms with Crippen molar-refractivity contribution in [1.82, 2.24) is 15.4 Å². The van der Waals surface area contributed by atoms with Crippen molar-refractivity contribution >= 4 is 11.6 Å². The molecule has 1 amide bonds. The highest BCUT2D eigenvalue weighted by atomic mass is 16.2. The lowest BCUT2D eigenvalue weighted by molar-refractivity contribution is -0.117. The van der Waals surface area contributed by atoms with Crippen molar-refractivity contribution in [3.63, 3.8) is 0 Å². The van der Waals surface area contributed by atoms with Gasteiger partial charge in [-0.05, 0) is 24.5 Å². The normalized spacial score (nSPS) is 20.0. The number of amides is 1. The molecule has 0 radical (unpaired) electrons. The number of hydrogen-bond acceptors (Lipinski definition) is 4. The monoisotopic (exact) mass is 326 g/mol. The number of anilines is 1. The van der Waals surface area contributed by atoms with Gasteiger partial charge < -0.3 is 9.88 Å². The average Bonchev–Trinajstić information content (AvgIpc) is 3.09. The van der Waals surface area contributed by atoms with Gasteiger partial charge in [-0.2, -0.15) is 0 Å². The maximum absolute atomic E-state index is 12.4. The maximum atomic E-state index is 12.4. The first-order chi connectivity index (χ1) is 11.7. The number of nitrogens with one attached hydrogen (secondary N) is 3. The van der Waals surface area contributed by atoms with Crippen LogP contribution in [0, 0.1) is 0 Å². The van der Waals surface area contributed by atoms with Crippen LogP contribution < -0.4 is 21.7 Å². The van der Waals surface area contributed by atoms with Crippen molar-refractivity contribution in [2.75, 3.05) is 5.32 Å². The third kappa shape index (κ3) is 3.72. The van der Waals surface area contributed by atoms with Crippen LogP contribution in [0.25, 0.3) is 0 Å². The van der Waals surface area contributed by atoms with Gasteiger partial charge in [0, 0.05) is 24.8 Å². The molecule has 3 N–H and O–H groups in total. The molecule has 0 bridgehead atoms. The molecule has 24 heavy (non-hydrogen) atoms. The molecule has 1 aromatic heterocycles. The molecule has 6 heteroatoms. The third-order valence-corrected chi connectivity index (χ3v) is 4.14. The molecule has 2 aromatic rings. The van der Waals surface area contributed by atoms with Gasteiger partial charge in [0.05, 0.1) is 5.69 Å². The van der Waals surface area contributed by atoms with Crippen LogP contribution in [0.3, 0.4) is 0 Å². The molecule has 1 aliphatic heterocycles. The van der Waals surface area contributed by atoms with E-state index >= 15 is 0 Å². The Kier molecular flexibility index (Phi) is 5.08. The van der Waals surface area contributed by atoms with Crippen LogP contribution in [-0.2, 0) is 11.3 Å². The van der Waals surface area contributed by atoms with E-state index in [-0.39, 0.29) is 23.6 Å². The smallest absolute Gasteiger partial charge is 0.250 e. The molecule has 0 aliphatic carbocycles. The maximum Gasteiger partial charge on any atom is 0.250 e. The molecule has 1 saturated heterocycles. The highest BCUT2D eigenvalue weighted by molar-refractivity contribution is 5.94. The van der Waals surface area contributed by atoms with Gasteiger partial charge in [0.15, 0.2) is 0 Å². The standard InChI is InChI=1S/C18H22N4O2/c1-2-10-22-12-14(8-9-17(22)23)19-18(24)16-11-15(20-21-16)13-6-4-3-5-7-13/h3-9,12,15-16,20-21H,2,10-11H2,1H3,(H,19,24). The van der Waals surface area contributed by atoms with Gasteiger partial charge in [0.2, 0.25) is 5.91 Å². The molecule has 6 nitrogen and oxygen atoms in total. The van der Waals surface area contributed by atoms with Gasteiger partial charge in [-0.3, -0.25) is 9.59 Å². The van der Waals surface area contributed by atoms with E-state index in [2.05, 4.69) is 16.2 Å². The summed E-state index contributed by atoms with van der Waals surface area (Å²) in [5.74, 6) is -0.109. The number of aryl methyl sites for hydroxylation is 1. The lowest BCUT2D eigenvalue weighted by Gasteiger charge is -2.12. The molecule has 0 spiro atoms. The van der Waals surface area contributed by atoms with Crippen LogP contribution in [0.2, 0.25) is 0 Å². The highest BCUT2D eigenvalue weighted by Gasteiger charge is 2.30. The molecule has 126 valence electrons. The first kappa shape index (κ1) is 16.4. The van der Waals surface area contributed by atoms with Crippen LogP contribution in [0.5, 0.6) is 0 Å². The number of carbonyl (C=O) groups excluding carboxylic acids is 1. The van der Waals surface area contributed by atoms with Crippen molar-refractivity contribution in [2.24, 2.45) is 0 Å². The zero-order valence-corrected chi connectivity index (χ0v) is 13.7. The van der Waals surface area contributed by atoms with E-state index in [9.17, 15) is 9.59 Å². The summed E-state index contributed by atoms with van der Waals surface area (Å²) in [7, 11) is 0. The number of benzene rings is 1. The van der Waals surface area contributed by atoms with Crippen LogP contribution in [0.1, 0.15) is 31.4 Å². The van der Waals surface area contributed by atoms with E-state index in [1.54, 1.807) is 16.8 Å². The minimum Gasteiger partial charge on any atom is -0.323 e. The molecule has 1 fully saturated rings. The molecule has 3 rings (SSSR count). The number of hydrazine groups is 1. The molecule has 2 atom stereocenters. The summed E-state index contributed by atoms with van der Waals surface area (Å²) in [4.78, 5) is 24.2. The van der Waals surface area contributed by atoms with Crippen molar-refractivity contribution in [3.05, 3.63) is 64.6 Å². The number of pyridine rings is 1. The highest BCUT2D eigenvalue weighted by Crippen LogP contribution is 2.22. The molecule has 1 aromatic carbocycles. The van der Waals surface area contributed by atoms with Crippen molar-refractivity contribution in [2.45, 2.75) is 38.4 Å². The van der Waals surface area contributed by atoms with Gasteiger partial charge in [-0.1, -0.05) is 37.3 Å². The minimum atomic E-state index is -0.318. The number of carbonyl (C=O) groups is 1. The van der Waals surface area contributed by atoms with Crippen molar-refractivity contribution in [3.8, 4) is 0 Å². The Morgan fingerprint density at radius 3 is 2.75 bits per heavy atom. The molecule has 1 aliphatic rings. The van der Waals surface area contributed by atoms with E-state index in [0.717, 1.165) is 12.0 Å². The number of rotatable bonds is 5. The second-order valence-corrected chi connectivity index (χ2v) is 5.98. The van der Waals surface area contributed by atoms with Crippen LogP contribution >= 0.6 is 0 Å². The predicted octanol–water partition coefficient (Wildman–Crippen LogP) is 1.80. The minimum absolute atomic E-state index is 0.0559. The summed E-state index contributed by atoms with van der Waals surface area (Å²) in [6.07, 6.45) is 3.23. The molecular weight excluding hydrogens is 304 g/mol. The van der Waals surface area contributed by atoms with E-state index in [0.29, 0.717) is 18.7 Å². The third-order valence-electron chi connectivity index (χ3n) is 4.14. The summed E-state index contributed by atoms with van der Waals surface area (Å²) in [5, 5.41) is 2.88. The Morgan fingerprint density at radius 1 is 1.21 bits per heavy atom. The van der Waals surface area contributed by atoms with Gasteiger partial charge in [0.25, 0.3) is 5.56 Å². The van der Waals surface area contributed by atoms with E-state index in [1.807, 2.05) is 37.3 Å². The number of hydrogen-bond donors (Lipinski definition) is 3. The van der Waals surface area contributed by atoms with Crippen LogP contribution in [-0.4, -0.2) is 16.5 Å². The Balaban J connectivity index is 1.64. The second kappa shape index (κ2) is 7.42. The summed E-state index contributed by atoms with van der Waals surface area (Å²) in [6.45, 7) is 2.65. The fourth-order valence-electron chi connectivity index (χ4n) is 2.88. The van der Waals surface area contributed by atoms with Crippen molar-refractivity contribution in [1.29, 1.82) is 0 Å². The molecule has 2 unspecified atom stereocenters. The fraction of sp³-hybridized carbons (Fsp3) is 0.333. The van der Waals surface area contributed by atoms with Gasteiger partial charge in [-0.15, -0.1) is 0 Å². The quantitative estimate of drug-likeness (QED) is 0.783. The molecule has 0 saturated carbocycles. The zero-order valence-electron chi connectivity index (χ0n) is 13.7. The zero-order chi connectivity index (χ0) is 16.9. The Hall–Kier alpha value is -2.44. The Labute approximate surface area is 140 Å². The average molecular weight is 326 g/mol. The van der Waals surface area contributed by atoms with E-state index in [1.165, 1.54) is 6.07 Å². The first-order valence-electron chi connectivity index (χ1n) is 8.24. The lowest BCUT2D eigenvalue weighted by atomic mass is 10.0. The van der Waals surface area contributed by atoms with Crippen LogP contribution in [0.15, 0.2) is 53.5 Å².